The molecule has 0 radical (unpaired) electrons. The van der Waals surface area contributed by atoms with Gasteiger partial charge in [0.1, 0.15) is 6.04 Å². The number of carbonyl (C=O) groups is 3. The molecule has 1 atom stereocenters. The van der Waals surface area contributed by atoms with Crippen LogP contribution < -0.4 is 16.0 Å². The Hall–Kier alpha value is -1.79. The molecular formula is C13H25N3O4. The Morgan fingerprint density at radius 2 is 1.55 bits per heavy atom. The molecule has 7 heteroatoms. The van der Waals surface area contributed by atoms with Crippen LogP contribution in [-0.4, -0.2) is 41.1 Å². The van der Waals surface area contributed by atoms with Crippen molar-refractivity contribution in [3.8, 4) is 0 Å². The van der Waals surface area contributed by atoms with E-state index in [1.165, 1.54) is 0 Å². The highest BCUT2D eigenvalue weighted by Crippen LogP contribution is 2.19. The maximum absolute atomic E-state index is 11.6. The van der Waals surface area contributed by atoms with Gasteiger partial charge in [-0.25, -0.2) is 9.59 Å². The maximum atomic E-state index is 11.6. The van der Waals surface area contributed by atoms with Gasteiger partial charge in [-0.3, -0.25) is 4.79 Å². The molecule has 0 unspecified atom stereocenters. The van der Waals surface area contributed by atoms with Gasteiger partial charge in [-0.05, 0) is 26.2 Å². The SMILES string of the molecule is CC(C)(C)NC(=O)CNC(=O)N[C@@H](C(=O)O)C(C)(C)C. The Morgan fingerprint density at radius 3 is 1.90 bits per heavy atom. The highest BCUT2D eigenvalue weighted by Gasteiger charge is 2.32. The number of hydrogen-bond donors (Lipinski definition) is 4. The molecule has 0 aliphatic rings. The highest BCUT2D eigenvalue weighted by atomic mass is 16.4. The summed E-state index contributed by atoms with van der Waals surface area (Å²) in [6.07, 6.45) is 0. The minimum absolute atomic E-state index is 0.209. The fraction of sp³-hybridized carbons (Fsp3) is 0.769. The van der Waals surface area contributed by atoms with E-state index in [0.717, 1.165) is 0 Å². The number of aliphatic carboxylic acids is 1. The molecule has 0 aromatic heterocycles. The normalized spacial score (nSPS) is 13.3. The average molecular weight is 287 g/mol. The van der Waals surface area contributed by atoms with E-state index in [-0.39, 0.29) is 18.0 Å². The Kier molecular flexibility index (Phi) is 5.99. The summed E-state index contributed by atoms with van der Waals surface area (Å²) in [7, 11) is 0. The van der Waals surface area contributed by atoms with Gasteiger partial charge in [0.2, 0.25) is 5.91 Å². The first kappa shape index (κ1) is 18.2. The van der Waals surface area contributed by atoms with Gasteiger partial charge in [-0.1, -0.05) is 20.8 Å². The van der Waals surface area contributed by atoms with Gasteiger partial charge in [-0.15, -0.1) is 0 Å². The average Bonchev–Trinajstić information content (AvgIpc) is 2.18. The number of carboxylic acids is 1. The third-order valence-electron chi connectivity index (χ3n) is 2.31. The molecule has 3 amide bonds. The van der Waals surface area contributed by atoms with Crippen molar-refractivity contribution in [2.75, 3.05) is 6.54 Å². The number of carboxylic acid groups (broad SMARTS) is 1. The van der Waals surface area contributed by atoms with Gasteiger partial charge in [0.05, 0.1) is 6.54 Å². The van der Waals surface area contributed by atoms with E-state index in [0.29, 0.717) is 0 Å². The predicted octanol–water partition coefficient (Wildman–Crippen LogP) is 0.700. The van der Waals surface area contributed by atoms with Crippen molar-refractivity contribution in [2.24, 2.45) is 5.41 Å². The van der Waals surface area contributed by atoms with E-state index in [1.54, 1.807) is 20.8 Å². The van der Waals surface area contributed by atoms with E-state index < -0.39 is 23.5 Å². The maximum Gasteiger partial charge on any atom is 0.326 e. The highest BCUT2D eigenvalue weighted by molar-refractivity contribution is 5.87. The van der Waals surface area contributed by atoms with Crippen LogP contribution in [0.5, 0.6) is 0 Å². The van der Waals surface area contributed by atoms with E-state index in [1.807, 2.05) is 20.8 Å². The van der Waals surface area contributed by atoms with Gasteiger partial charge in [-0.2, -0.15) is 0 Å². The van der Waals surface area contributed by atoms with Gasteiger partial charge in [0, 0.05) is 5.54 Å². The fourth-order valence-electron chi connectivity index (χ4n) is 1.45. The molecule has 0 fully saturated rings. The Morgan fingerprint density at radius 1 is 1.05 bits per heavy atom. The van der Waals surface area contributed by atoms with E-state index in [9.17, 15) is 14.4 Å². The third-order valence-corrected chi connectivity index (χ3v) is 2.31. The number of carbonyl (C=O) groups excluding carboxylic acids is 2. The number of hydrogen-bond acceptors (Lipinski definition) is 3. The smallest absolute Gasteiger partial charge is 0.326 e. The monoisotopic (exact) mass is 287 g/mol. The minimum Gasteiger partial charge on any atom is -0.480 e. The molecule has 0 saturated heterocycles. The quantitative estimate of drug-likeness (QED) is 0.610. The van der Waals surface area contributed by atoms with Crippen LogP contribution in [0, 0.1) is 5.41 Å². The lowest BCUT2D eigenvalue weighted by molar-refractivity contribution is -0.141. The van der Waals surface area contributed by atoms with Crippen molar-refractivity contribution >= 4 is 17.9 Å². The van der Waals surface area contributed by atoms with Crippen LogP contribution in [0.4, 0.5) is 4.79 Å². The van der Waals surface area contributed by atoms with Crippen molar-refractivity contribution in [1.82, 2.24) is 16.0 Å². The fourth-order valence-corrected chi connectivity index (χ4v) is 1.45. The second kappa shape index (κ2) is 6.58. The van der Waals surface area contributed by atoms with Crippen molar-refractivity contribution in [3.63, 3.8) is 0 Å². The molecule has 0 saturated carbocycles. The van der Waals surface area contributed by atoms with Crippen LogP contribution in [0.25, 0.3) is 0 Å². The molecule has 0 aliphatic heterocycles. The summed E-state index contributed by atoms with van der Waals surface area (Å²) < 4.78 is 0. The summed E-state index contributed by atoms with van der Waals surface area (Å²) >= 11 is 0. The Balaban J connectivity index is 4.36. The molecule has 20 heavy (non-hydrogen) atoms. The molecule has 0 rings (SSSR count). The lowest BCUT2D eigenvalue weighted by atomic mass is 9.87. The Labute approximate surface area is 119 Å². The number of nitrogens with one attached hydrogen (secondary N) is 3. The first-order valence-corrected chi connectivity index (χ1v) is 6.41. The van der Waals surface area contributed by atoms with Crippen LogP contribution in [0.3, 0.4) is 0 Å². The predicted molar refractivity (Wildman–Crippen MR) is 75.3 cm³/mol. The molecule has 0 heterocycles. The van der Waals surface area contributed by atoms with Gasteiger partial charge >= 0.3 is 12.0 Å². The van der Waals surface area contributed by atoms with Crippen LogP contribution in [-0.2, 0) is 9.59 Å². The summed E-state index contributed by atoms with van der Waals surface area (Å²) in [6, 6.07) is -1.72. The lowest BCUT2D eigenvalue weighted by Crippen LogP contribution is -2.54. The van der Waals surface area contributed by atoms with E-state index in [4.69, 9.17) is 5.11 Å². The summed E-state index contributed by atoms with van der Waals surface area (Å²) in [4.78, 5) is 34.2. The van der Waals surface area contributed by atoms with Crippen molar-refractivity contribution in [2.45, 2.75) is 53.1 Å². The van der Waals surface area contributed by atoms with E-state index >= 15 is 0 Å². The third kappa shape index (κ3) is 7.60. The molecule has 0 aromatic rings. The largest absolute Gasteiger partial charge is 0.480 e. The lowest BCUT2D eigenvalue weighted by Gasteiger charge is -2.27. The molecule has 0 aromatic carbocycles. The van der Waals surface area contributed by atoms with Crippen molar-refractivity contribution < 1.29 is 19.5 Å². The molecule has 0 bridgehead atoms. The van der Waals surface area contributed by atoms with Crippen molar-refractivity contribution in [1.29, 1.82) is 0 Å². The van der Waals surface area contributed by atoms with Gasteiger partial charge in [0.15, 0.2) is 0 Å². The first-order valence-electron chi connectivity index (χ1n) is 6.41. The van der Waals surface area contributed by atoms with Crippen LogP contribution in [0.1, 0.15) is 41.5 Å². The summed E-state index contributed by atoms with van der Waals surface area (Å²) in [5.74, 6) is -1.46. The summed E-state index contributed by atoms with van der Waals surface area (Å²) in [6.45, 7) is 10.4. The zero-order valence-electron chi connectivity index (χ0n) is 13.0. The second-order valence-corrected chi connectivity index (χ2v) is 6.76. The molecule has 0 aliphatic carbocycles. The van der Waals surface area contributed by atoms with Crippen LogP contribution in [0.15, 0.2) is 0 Å². The number of rotatable bonds is 4. The molecular weight excluding hydrogens is 262 g/mol. The molecule has 116 valence electrons. The number of amides is 3. The van der Waals surface area contributed by atoms with Crippen LogP contribution in [0.2, 0.25) is 0 Å². The van der Waals surface area contributed by atoms with Gasteiger partial charge < -0.3 is 21.1 Å². The topological polar surface area (TPSA) is 108 Å². The standard InChI is InChI=1S/C13H25N3O4/c1-12(2,3)9(10(18)19)15-11(20)14-7-8(17)16-13(4,5)6/h9H,7H2,1-6H3,(H,16,17)(H,18,19)(H2,14,15,20)/t9-/m0/s1. The van der Waals surface area contributed by atoms with Gasteiger partial charge in [0.25, 0.3) is 0 Å². The summed E-state index contributed by atoms with van der Waals surface area (Å²) in [5.41, 5.74) is -1.01. The Bertz CT molecular complexity index is 380. The van der Waals surface area contributed by atoms with Crippen molar-refractivity contribution in [3.05, 3.63) is 0 Å². The van der Waals surface area contributed by atoms with Crippen LogP contribution >= 0.6 is 0 Å². The zero-order chi connectivity index (χ0) is 16.1. The minimum atomic E-state index is -1.12. The number of urea groups is 1. The van der Waals surface area contributed by atoms with E-state index in [2.05, 4.69) is 16.0 Å². The first-order chi connectivity index (χ1) is 8.83. The second-order valence-electron chi connectivity index (χ2n) is 6.76. The summed E-state index contributed by atoms with van der Waals surface area (Å²) in [5, 5.41) is 16.4. The molecule has 0 spiro atoms. The zero-order valence-corrected chi connectivity index (χ0v) is 13.0. The molecule has 7 nitrogen and oxygen atoms in total. The molecule has 4 N–H and O–H groups in total.